The molecule has 1 atom stereocenters. The van der Waals surface area contributed by atoms with Crippen LogP contribution in [0.5, 0.6) is 0 Å². The molecule has 0 unspecified atom stereocenters. The third-order valence-corrected chi connectivity index (χ3v) is 7.22. The monoisotopic (exact) mass is 451 g/mol. The second-order valence-corrected chi connectivity index (χ2v) is 9.04. The largest absolute Gasteiger partial charge is 0.480 e. The number of hydrogen-bond acceptors (Lipinski definition) is 4. The van der Waals surface area contributed by atoms with Crippen LogP contribution in [0.15, 0.2) is 29.3 Å². The third-order valence-electron chi connectivity index (χ3n) is 4.87. The van der Waals surface area contributed by atoms with E-state index in [1.165, 1.54) is 17.9 Å². The molecular formula is C17H17ClF3N3O4S. The summed E-state index contributed by atoms with van der Waals surface area (Å²) < 4.78 is 67.0. The maximum absolute atomic E-state index is 13.0. The van der Waals surface area contributed by atoms with Crippen LogP contribution in [0.25, 0.3) is 0 Å². The highest BCUT2D eigenvalue weighted by molar-refractivity contribution is 7.89. The second kappa shape index (κ2) is 7.62. The van der Waals surface area contributed by atoms with Gasteiger partial charge in [0.1, 0.15) is 11.4 Å². The van der Waals surface area contributed by atoms with Crippen molar-refractivity contribution < 1.29 is 31.5 Å². The van der Waals surface area contributed by atoms with Gasteiger partial charge in [0.05, 0.1) is 22.8 Å². The number of halogens is 4. The standard InChI is InChI=1S/C17H17ClF3N3O4S/c1-23(13-3-2-4-14-11(13)8-22-24(14)9-16(25)26)29(27,28)15-6-5-10(7-12(15)18)17(19,20)21/h5-8,13H,2-4,9H2,1H3,(H,25,26)/t13-/m1/s1. The number of aromatic nitrogens is 2. The first-order valence-corrected chi connectivity index (χ1v) is 10.4. The molecule has 1 aliphatic rings. The minimum atomic E-state index is -4.64. The molecule has 0 radical (unpaired) electrons. The quantitative estimate of drug-likeness (QED) is 0.752. The number of alkyl halides is 3. The number of carboxylic acids is 1. The summed E-state index contributed by atoms with van der Waals surface area (Å²) in [6, 6.07) is 1.46. The predicted octanol–water partition coefficient (Wildman–Crippen LogP) is 3.34. The molecule has 0 bridgehead atoms. The van der Waals surface area contributed by atoms with Gasteiger partial charge in [-0.15, -0.1) is 0 Å². The van der Waals surface area contributed by atoms with E-state index in [2.05, 4.69) is 5.10 Å². The smallest absolute Gasteiger partial charge is 0.416 e. The predicted molar refractivity (Wildman–Crippen MR) is 96.9 cm³/mol. The Morgan fingerprint density at radius 1 is 1.41 bits per heavy atom. The van der Waals surface area contributed by atoms with Crippen molar-refractivity contribution in [1.82, 2.24) is 14.1 Å². The number of carbonyl (C=O) groups is 1. The van der Waals surface area contributed by atoms with Crippen molar-refractivity contribution in [2.45, 2.75) is 42.9 Å². The summed E-state index contributed by atoms with van der Waals surface area (Å²) in [5.74, 6) is -1.07. The Morgan fingerprint density at radius 2 is 2.10 bits per heavy atom. The molecule has 0 saturated heterocycles. The van der Waals surface area contributed by atoms with Gasteiger partial charge < -0.3 is 5.11 Å². The zero-order valence-electron chi connectivity index (χ0n) is 15.1. The normalized spacial score (nSPS) is 17.4. The SMILES string of the molecule is CN([C@@H]1CCCc2c1cnn2CC(=O)O)S(=O)(=O)c1ccc(C(F)(F)F)cc1Cl. The van der Waals surface area contributed by atoms with Crippen LogP contribution in [0.2, 0.25) is 5.02 Å². The van der Waals surface area contributed by atoms with Crippen LogP contribution in [0.3, 0.4) is 0 Å². The van der Waals surface area contributed by atoms with E-state index in [0.717, 1.165) is 10.4 Å². The van der Waals surface area contributed by atoms with Crippen molar-refractivity contribution in [1.29, 1.82) is 0 Å². The van der Waals surface area contributed by atoms with E-state index in [1.807, 2.05) is 0 Å². The van der Waals surface area contributed by atoms with Crippen molar-refractivity contribution >= 4 is 27.6 Å². The summed E-state index contributed by atoms with van der Waals surface area (Å²) in [5.41, 5.74) is 0.162. The average Bonchev–Trinajstić information content (AvgIpc) is 3.02. The van der Waals surface area contributed by atoms with E-state index in [0.29, 0.717) is 42.7 Å². The maximum Gasteiger partial charge on any atom is 0.416 e. The van der Waals surface area contributed by atoms with Gasteiger partial charge in [-0.2, -0.15) is 22.6 Å². The van der Waals surface area contributed by atoms with E-state index in [4.69, 9.17) is 16.7 Å². The number of aliphatic carboxylic acids is 1. The third kappa shape index (κ3) is 4.12. The van der Waals surface area contributed by atoms with Gasteiger partial charge >= 0.3 is 12.1 Å². The molecule has 0 spiro atoms. The zero-order valence-corrected chi connectivity index (χ0v) is 16.7. The van der Waals surface area contributed by atoms with Crippen molar-refractivity contribution in [3.63, 3.8) is 0 Å². The number of nitrogens with zero attached hydrogens (tertiary/aromatic N) is 3. The fraction of sp³-hybridized carbons (Fsp3) is 0.412. The van der Waals surface area contributed by atoms with E-state index >= 15 is 0 Å². The Morgan fingerprint density at radius 3 is 2.69 bits per heavy atom. The molecule has 1 aliphatic carbocycles. The summed E-state index contributed by atoms with van der Waals surface area (Å²) in [7, 11) is -2.89. The summed E-state index contributed by atoms with van der Waals surface area (Å²) in [4.78, 5) is 10.6. The molecule has 7 nitrogen and oxygen atoms in total. The topological polar surface area (TPSA) is 92.5 Å². The molecule has 1 aromatic heterocycles. The summed E-state index contributed by atoms with van der Waals surface area (Å²) in [5, 5.41) is 12.5. The van der Waals surface area contributed by atoms with Crippen LogP contribution in [-0.4, -0.2) is 40.6 Å². The molecule has 0 aliphatic heterocycles. The van der Waals surface area contributed by atoms with Gasteiger partial charge in [-0.25, -0.2) is 8.42 Å². The van der Waals surface area contributed by atoms with E-state index < -0.39 is 43.7 Å². The number of benzene rings is 1. The van der Waals surface area contributed by atoms with Crippen molar-refractivity contribution in [2.75, 3.05) is 7.05 Å². The lowest BCUT2D eigenvalue weighted by molar-refractivity contribution is -0.138. The van der Waals surface area contributed by atoms with Gasteiger partial charge in [-0.3, -0.25) is 9.48 Å². The van der Waals surface area contributed by atoms with Gasteiger partial charge in [-0.05, 0) is 37.5 Å². The fourth-order valence-electron chi connectivity index (χ4n) is 3.45. The number of sulfonamides is 1. The highest BCUT2D eigenvalue weighted by Crippen LogP contribution is 2.39. The minimum Gasteiger partial charge on any atom is -0.480 e. The highest BCUT2D eigenvalue weighted by Gasteiger charge is 2.37. The van der Waals surface area contributed by atoms with Gasteiger partial charge in [0.25, 0.3) is 0 Å². The van der Waals surface area contributed by atoms with Crippen LogP contribution in [0.4, 0.5) is 13.2 Å². The lowest BCUT2D eigenvalue weighted by Crippen LogP contribution is -2.33. The lowest BCUT2D eigenvalue weighted by atomic mass is 9.93. The van der Waals surface area contributed by atoms with Gasteiger partial charge in [0.2, 0.25) is 10.0 Å². The van der Waals surface area contributed by atoms with E-state index in [9.17, 15) is 26.4 Å². The van der Waals surface area contributed by atoms with E-state index in [1.54, 1.807) is 0 Å². The molecular weight excluding hydrogens is 435 g/mol. The Labute approximate surface area is 169 Å². The van der Waals surface area contributed by atoms with Gasteiger partial charge in [0, 0.05) is 18.3 Å². The van der Waals surface area contributed by atoms with E-state index in [-0.39, 0.29) is 6.54 Å². The summed E-state index contributed by atoms with van der Waals surface area (Å²) in [6.45, 7) is -0.344. The molecule has 1 heterocycles. The summed E-state index contributed by atoms with van der Waals surface area (Å²) in [6.07, 6.45) is -1.60. The Bertz CT molecular complexity index is 1050. The molecule has 12 heteroatoms. The number of rotatable bonds is 5. The molecule has 158 valence electrons. The van der Waals surface area contributed by atoms with Gasteiger partial charge in [0.15, 0.2) is 0 Å². The lowest BCUT2D eigenvalue weighted by Gasteiger charge is -2.31. The maximum atomic E-state index is 13.0. The average molecular weight is 452 g/mol. The molecule has 1 N–H and O–H groups in total. The number of hydrogen-bond donors (Lipinski definition) is 1. The van der Waals surface area contributed by atoms with Crippen molar-refractivity contribution in [3.8, 4) is 0 Å². The molecule has 0 fully saturated rings. The molecule has 0 amide bonds. The van der Waals surface area contributed by atoms with Crippen molar-refractivity contribution in [2.24, 2.45) is 0 Å². The highest BCUT2D eigenvalue weighted by atomic mass is 35.5. The van der Waals surface area contributed by atoms with Crippen LogP contribution < -0.4 is 0 Å². The van der Waals surface area contributed by atoms with Gasteiger partial charge in [-0.1, -0.05) is 11.6 Å². The Hall–Kier alpha value is -2.11. The van der Waals surface area contributed by atoms with Crippen LogP contribution in [-0.2, 0) is 34.0 Å². The molecule has 2 aromatic rings. The minimum absolute atomic E-state index is 0.344. The second-order valence-electron chi connectivity index (χ2n) is 6.67. The van der Waals surface area contributed by atoms with Crippen LogP contribution >= 0.6 is 11.6 Å². The molecule has 0 saturated carbocycles. The zero-order chi connectivity index (χ0) is 21.6. The molecule has 29 heavy (non-hydrogen) atoms. The van der Waals surface area contributed by atoms with Crippen LogP contribution in [0.1, 0.15) is 35.7 Å². The first kappa shape index (κ1) is 21.6. The van der Waals surface area contributed by atoms with Crippen LogP contribution in [0, 0.1) is 0 Å². The number of carboxylic acid groups (broad SMARTS) is 1. The summed E-state index contributed by atoms with van der Waals surface area (Å²) >= 11 is 5.88. The molecule has 3 rings (SSSR count). The Balaban J connectivity index is 1.96. The first-order valence-electron chi connectivity index (χ1n) is 8.54. The molecule has 1 aromatic carbocycles. The van der Waals surface area contributed by atoms with Crippen molar-refractivity contribution in [3.05, 3.63) is 46.2 Å². The number of fused-ring (bicyclic) bond motifs is 1. The first-order chi connectivity index (χ1) is 13.4. The Kier molecular flexibility index (Phi) is 5.67. The fourth-order valence-corrected chi connectivity index (χ4v) is 5.33.